The molecule has 0 unspecified atom stereocenters. The molecular weight excluding hydrogens is 378 g/mol. The number of nitrogens with one attached hydrogen (secondary N) is 3. The Labute approximate surface area is 179 Å². The van der Waals surface area contributed by atoms with Gasteiger partial charge in [0.25, 0.3) is 5.91 Å². The molecule has 0 radical (unpaired) electrons. The highest BCUT2D eigenvalue weighted by Crippen LogP contribution is 2.13. The van der Waals surface area contributed by atoms with Crippen LogP contribution in [-0.2, 0) is 17.8 Å². The van der Waals surface area contributed by atoms with Crippen LogP contribution in [0.4, 0.5) is 10.5 Å². The highest BCUT2D eigenvalue weighted by Gasteiger charge is 2.16. The summed E-state index contributed by atoms with van der Waals surface area (Å²) in [6, 6.07) is 15.1. The van der Waals surface area contributed by atoms with Gasteiger partial charge >= 0.3 is 6.09 Å². The largest absolute Gasteiger partial charge is 0.444 e. The van der Waals surface area contributed by atoms with E-state index in [-0.39, 0.29) is 5.91 Å². The van der Waals surface area contributed by atoms with Crippen molar-refractivity contribution >= 4 is 17.7 Å². The van der Waals surface area contributed by atoms with E-state index in [0.29, 0.717) is 17.8 Å². The van der Waals surface area contributed by atoms with E-state index in [4.69, 9.17) is 4.74 Å². The standard InChI is InChI=1S/C24H33N3O3/c1-6-27(7-2)17-19-10-8-18(9-11-19)16-25-22(28)20-12-14-21(15-13-20)26-23(29)30-24(3,4)5/h8-15H,6-7,16-17H2,1-5H3,(H,25,28)(H,26,29)/p+1. The van der Waals surface area contributed by atoms with E-state index in [9.17, 15) is 9.59 Å². The second-order valence-corrected chi connectivity index (χ2v) is 8.34. The van der Waals surface area contributed by atoms with Crippen LogP contribution >= 0.6 is 0 Å². The van der Waals surface area contributed by atoms with Crippen LogP contribution in [0.25, 0.3) is 0 Å². The third-order valence-electron chi connectivity index (χ3n) is 4.72. The molecule has 6 nitrogen and oxygen atoms in total. The molecule has 0 saturated carbocycles. The van der Waals surface area contributed by atoms with Crippen LogP contribution in [0.3, 0.4) is 0 Å². The number of benzene rings is 2. The summed E-state index contributed by atoms with van der Waals surface area (Å²) < 4.78 is 5.22. The van der Waals surface area contributed by atoms with Crippen LogP contribution in [0, 0.1) is 0 Å². The maximum atomic E-state index is 12.4. The van der Waals surface area contributed by atoms with Crippen molar-refractivity contribution in [1.82, 2.24) is 5.32 Å². The molecule has 0 aliphatic heterocycles. The first-order valence-corrected chi connectivity index (χ1v) is 10.5. The van der Waals surface area contributed by atoms with Crippen molar-refractivity contribution in [2.75, 3.05) is 18.4 Å². The van der Waals surface area contributed by atoms with Crippen LogP contribution in [0.1, 0.15) is 56.1 Å². The molecule has 0 aliphatic carbocycles. The van der Waals surface area contributed by atoms with Gasteiger partial charge in [-0.3, -0.25) is 10.1 Å². The Bertz CT molecular complexity index is 820. The Hall–Kier alpha value is -2.86. The van der Waals surface area contributed by atoms with Gasteiger partial charge < -0.3 is 15.0 Å². The molecule has 2 rings (SSSR count). The molecule has 0 atom stereocenters. The van der Waals surface area contributed by atoms with E-state index in [1.165, 1.54) is 5.56 Å². The van der Waals surface area contributed by atoms with Crippen molar-refractivity contribution in [1.29, 1.82) is 0 Å². The number of quaternary nitrogens is 1. The van der Waals surface area contributed by atoms with E-state index < -0.39 is 11.7 Å². The molecule has 2 amide bonds. The highest BCUT2D eigenvalue weighted by molar-refractivity contribution is 5.95. The first-order valence-electron chi connectivity index (χ1n) is 10.5. The average molecular weight is 413 g/mol. The first-order chi connectivity index (χ1) is 14.2. The van der Waals surface area contributed by atoms with Crippen molar-refractivity contribution in [3.05, 3.63) is 65.2 Å². The molecule has 0 bridgehead atoms. The number of hydrogen-bond donors (Lipinski definition) is 3. The lowest BCUT2D eigenvalue weighted by Crippen LogP contribution is -3.10. The zero-order valence-electron chi connectivity index (χ0n) is 18.7. The average Bonchev–Trinajstić information content (AvgIpc) is 2.70. The zero-order chi connectivity index (χ0) is 22.1. The van der Waals surface area contributed by atoms with Crippen molar-refractivity contribution in [3.63, 3.8) is 0 Å². The van der Waals surface area contributed by atoms with Gasteiger partial charge in [-0.2, -0.15) is 0 Å². The van der Waals surface area contributed by atoms with Crippen molar-refractivity contribution in [2.45, 2.75) is 53.3 Å². The van der Waals surface area contributed by atoms with Gasteiger partial charge in [-0.1, -0.05) is 24.3 Å². The normalized spacial score (nSPS) is 11.3. The van der Waals surface area contributed by atoms with Gasteiger partial charge in [-0.25, -0.2) is 4.79 Å². The number of anilines is 1. The summed E-state index contributed by atoms with van der Waals surface area (Å²) in [5, 5.41) is 5.59. The lowest BCUT2D eigenvalue weighted by atomic mass is 10.1. The molecule has 3 N–H and O–H groups in total. The molecule has 162 valence electrons. The van der Waals surface area contributed by atoms with E-state index in [0.717, 1.165) is 25.2 Å². The van der Waals surface area contributed by atoms with Gasteiger partial charge in [-0.05, 0) is 64.4 Å². The molecule has 0 spiro atoms. The monoisotopic (exact) mass is 412 g/mol. The highest BCUT2D eigenvalue weighted by atomic mass is 16.6. The minimum Gasteiger partial charge on any atom is -0.444 e. The SMILES string of the molecule is CC[NH+](CC)Cc1ccc(CNC(=O)c2ccc(NC(=O)OC(C)(C)C)cc2)cc1. The Morgan fingerprint density at radius 3 is 2.00 bits per heavy atom. The number of amides is 2. The third kappa shape index (κ3) is 7.87. The van der Waals surface area contributed by atoms with Gasteiger partial charge in [0.2, 0.25) is 0 Å². The van der Waals surface area contributed by atoms with E-state index in [1.54, 1.807) is 49.9 Å². The lowest BCUT2D eigenvalue weighted by Gasteiger charge is -2.19. The van der Waals surface area contributed by atoms with Crippen LogP contribution in [-0.4, -0.2) is 30.7 Å². The summed E-state index contributed by atoms with van der Waals surface area (Å²) in [7, 11) is 0. The van der Waals surface area contributed by atoms with Crippen molar-refractivity contribution in [2.24, 2.45) is 0 Å². The third-order valence-corrected chi connectivity index (χ3v) is 4.72. The number of hydrogen-bond acceptors (Lipinski definition) is 3. The van der Waals surface area contributed by atoms with E-state index in [2.05, 4.69) is 48.7 Å². The zero-order valence-corrected chi connectivity index (χ0v) is 18.7. The summed E-state index contributed by atoms with van der Waals surface area (Å²) in [5.41, 5.74) is 2.91. The fourth-order valence-electron chi connectivity index (χ4n) is 2.97. The topological polar surface area (TPSA) is 71.9 Å². The molecule has 2 aromatic rings. The minimum atomic E-state index is -0.561. The number of rotatable bonds is 8. The van der Waals surface area contributed by atoms with E-state index >= 15 is 0 Å². The van der Waals surface area contributed by atoms with Gasteiger partial charge in [-0.15, -0.1) is 0 Å². The van der Waals surface area contributed by atoms with Crippen molar-refractivity contribution in [3.8, 4) is 0 Å². The first kappa shape index (κ1) is 23.4. The Morgan fingerprint density at radius 1 is 0.900 bits per heavy atom. The molecule has 30 heavy (non-hydrogen) atoms. The summed E-state index contributed by atoms with van der Waals surface area (Å²) in [6.45, 7) is 13.5. The fraction of sp³-hybridized carbons (Fsp3) is 0.417. The number of ether oxygens (including phenoxy) is 1. The lowest BCUT2D eigenvalue weighted by molar-refractivity contribution is -0.910. The minimum absolute atomic E-state index is 0.157. The van der Waals surface area contributed by atoms with Gasteiger partial charge in [0.1, 0.15) is 12.1 Å². The predicted octanol–water partition coefficient (Wildman–Crippen LogP) is 3.39. The van der Waals surface area contributed by atoms with Crippen LogP contribution in [0.2, 0.25) is 0 Å². The van der Waals surface area contributed by atoms with E-state index in [1.807, 2.05) is 0 Å². The van der Waals surface area contributed by atoms with Crippen LogP contribution < -0.4 is 15.5 Å². The maximum absolute atomic E-state index is 12.4. The Kier molecular flexibility index (Phi) is 8.42. The molecule has 0 saturated heterocycles. The summed E-state index contributed by atoms with van der Waals surface area (Å²) >= 11 is 0. The van der Waals surface area contributed by atoms with Gasteiger partial charge in [0.05, 0.1) is 13.1 Å². The summed E-state index contributed by atoms with van der Waals surface area (Å²) in [6.07, 6.45) is -0.522. The van der Waals surface area contributed by atoms with Gasteiger partial charge in [0, 0.05) is 23.4 Å². The second-order valence-electron chi connectivity index (χ2n) is 8.34. The van der Waals surface area contributed by atoms with Gasteiger partial charge in [0.15, 0.2) is 0 Å². The van der Waals surface area contributed by atoms with Crippen LogP contribution in [0.5, 0.6) is 0 Å². The predicted molar refractivity (Wildman–Crippen MR) is 120 cm³/mol. The van der Waals surface area contributed by atoms with Crippen LogP contribution in [0.15, 0.2) is 48.5 Å². The summed E-state index contributed by atoms with van der Waals surface area (Å²) in [4.78, 5) is 25.8. The number of carbonyl (C=O) groups is 2. The summed E-state index contributed by atoms with van der Waals surface area (Å²) in [5.74, 6) is -0.157. The molecule has 2 aromatic carbocycles. The molecule has 6 heteroatoms. The Morgan fingerprint density at radius 2 is 1.47 bits per heavy atom. The van der Waals surface area contributed by atoms with Crippen molar-refractivity contribution < 1.29 is 19.2 Å². The Balaban J connectivity index is 1.85. The quantitative estimate of drug-likeness (QED) is 0.622. The maximum Gasteiger partial charge on any atom is 0.412 e. The number of carbonyl (C=O) groups excluding carboxylic acids is 2. The molecule has 0 fully saturated rings. The molecular formula is C24H34N3O3+. The molecule has 0 heterocycles. The fourth-order valence-corrected chi connectivity index (χ4v) is 2.97. The smallest absolute Gasteiger partial charge is 0.412 e. The molecule has 0 aromatic heterocycles. The second kappa shape index (κ2) is 10.8. The molecule has 0 aliphatic rings.